The molecule has 0 saturated heterocycles. The zero-order valence-corrected chi connectivity index (χ0v) is 12.3. The average Bonchev–Trinajstić information content (AvgIpc) is 2.44. The first kappa shape index (κ1) is 13.6. The molecule has 0 amide bonds. The van der Waals surface area contributed by atoms with Crippen molar-refractivity contribution in [2.24, 2.45) is 0 Å². The van der Waals surface area contributed by atoms with Crippen molar-refractivity contribution < 1.29 is 4.42 Å². The summed E-state index contributed by atoms with van der Waals surface area (Å²) in [5.41, 5.74) is 2.35. The van der Waals surface area contributed by atoms with Crippen molar-refractivity contribution in [1.82, 2.24) is 4.57 Å². The minimum absolute atomic E-state index is 0.231. The lowest BCUT2D eigenvalue weighted by Crippen LogP contribution is -2.31. The van der Waals surface area contributed by atoms with Crippen molar-refractivity contribution in [1.29, 1.82) is 0 Å². The molecule has 2 aromatic carbocycles. The molecule has 0 unspecified atom stereocenters. The van der Waals surface area contributed by atoms with Gasteiger partial charge < -0.3 is 4.42 Å². The van der Waals surface area contributed by atoms with Gasteiger partial charge in [0, 0.05) is 5.02 Å². The third kappa shape index (κ3) is 2.28. The molecule has 0 aliphatic rings. The fourth-order valence-corrected chi connectivity index (χ4v) is 2.36. The number of hydrogen-bond acceptors (Lipinski definition) is 3. The molecule has 3 aromatic rings. The molecule has 0 atom stereocenters. The Kier molecular flexibility index (Phi) is 3.18. The Bertz CT molecular complexity index is 969. The number of nitrogens with zero attached hydrogens (tertiary/aromatic N) is 1. The van der Waals surface area contributed by atoms with Crippen LogP contribution in [-0.2, 0) is 0 Å². The second-order valence-electron chi connectivity index (χ2n) is 4.92. The van der Waals surface area contributed by atoms with Crippen LogP contribution < -0.4 is 11.3 Å². The number of aryl methyl sites for hydroxylation is 2. The normalized spacial score (nSPS) is 11.0. The summed E-state index contributed by atoms with van der Waals surface area (Å²) in [7, 11) is 0. The zero-order chi connectivity index (χ0) is 15.1. The highest BCUT2D eigenvalue weighted by atomic mass is 35.5. The van der Waals surface area contributed by atoms with Crippen LogP contribution in [0.3, 0.4) is 0 Å². The number of aromatic nitrogens is 1. The average molecular weight is 302 g/mol. The Morgan fingerprint density at radius 3 is 2.48 bits per heavy atom. The molecule has 4 nitrogen and oxygen atoms in total. The molecule has 0 aliphatic carbocycles. The van der Waals surface area contributed by atoms with Crippen LogP contribution in [0.1, 0.15) is 11.1 Å². The monoisotopic (exact) mass is 301 g/mol. The van der Waals surface area contributed by atoms with E-state index in [9.17, 15) is 9.59 Å². The third-order valence-electron chi connectivity index (χ3n) is 3.50. The first-order valence-corrected chi connectivity index (χ1v) is 6.78. The lowest BCUT2D eigenvalue weighted by molar-refractivity contribution is 0.504. The SMILES string of the molecule is Cc1ccc(-n2c(=O)oc3ccc(Cl)cc3c2=O)cc1C. The van der Waals surface area contributed by atoms with Gasteiger partial charge >= 0.3 is 5.76 Å². The zero-order valence-electron chi connectivity index (χ0n) is 11.5. The molecule has 106 valence electrons. The summed E-state index contributed by atoms with van der Waals surface area (Å²) < 4.78 is 6.22. The molecule has 0 aliphatic heterocycles. The molecule has 3 rings (SSSR count). The van der Waals surface area contributed by atoms with Crippen LogP contribution in [0.25, 0.3) is 16.7 Å². The third-order valence-corrected chi connectivity index (χ3v) is 3.74. The number of benzene rings is 2. The van der Waals surface area contributed by atoms with Crippen LogP contribution in [0, 0.1) is 13.8 Å². The van der Waals surface area contributed by atoms with E-state index in [1.165, 1.54) is 12.1 Å². The highest BCUT2D eigenvalue weighted by Gasteiger charge is 2.12. The van der Waals surface area contributed by atoms with Crippen LogP contribution in [0.5, 0.6) is 0 Å². The smallest absolute Gasteiger partial charge is 0.409 e. The van der Waals surface area contributed by atoms with E-state index >= 15 is 0 Å². The molecule has 0 N–H and O–H groups in total. The van der Waals surface area contributed by atoms with Gasteiger partial charge in [-0.2, -0.15) is 0 Å². The second-order valence-corrected chi connectivity index (χ2v) is 5.35. The van der Waals surface area contributed by atoms with Gasteiger partial charge in [0.2, 0.25) is 0 Å². The highest BCUT2D eigenvalue weighted by Crippen LogP contribution is 2.16. The van der Waals surface area contributed by atoms with Gasteiger partial charge in [-0.05, 0) is 55.3 Å². The summed E-state index contributed by atoms with van der Waals surface area (Å²) in [6.45, 7) is 3.88. The molecule has 0 bridgehead atoms. The van der Waals surface area contributed by atoms with Crippen LogP contribution in [0.15, 0.2) is 50.4 Å². The van der Waals surface area contributed by atoms with Gasteiger partial charge in [-0.25, -0.2) is 9.36 Å². The molecule has 0 spiro atoms. The molecule has 21 heavy (non-hydrogen) atoms. The van der Waals surface area contributed by atoms with Gasteiger partial charge in [0.25, 0.3) is 5.56 Å². The van der Waals surface area contributed by atoms with Gasteiger partial charge in [0.05, 0.1) is 11.1 Å². The number of hydrogen-bond donors (Lipinski definition) is 0. The maximum Gasteiger partial charge on any atom is 0.426 e. The van der Waals surface area contributed by atoms with Crippen molar-refractivity contribution >= 4 is 22.6 Å². The van der Waals surface area contributed by atoms with E-state index in [-0.39, 0.29) is 11.0 Å². The van der Waals surface area contributed by atoms with Gasteiger partial charge in [-0.1, -0.05) is 17.7 Å². The first-order chi connectivity index (χ1) is 9.97. The summed E-state index contributed by atoms with van der Waals surface area (Å²) in [6.07, 6.45) is 0. The van der Waals surface area contributed by atoms with Crippen LogP contribution in [0.4, 0.5) is 0 Å². The van der Waals surface area contributed by atoms with Crippen molar-refractivity contribution in [2.45, 2.75) is 13.8 Å². The van der Waals surface area contributed by atoms with Gasteiger partial charge in [0.1, 0.15) is 5.58 Å². The maximum absolute atomic E-state index is 12.5. The minimum atomic E-state index is -0.710. The molecule has 1 heterocycles. The standard InChI is InChI=1S/C16H12ClNO3/c1-9-3-5-12(7-10(9)2)18-15(19)13-8-11(17)4-6-14(13)21-16(18)20/h3-8H,1-2H3. The molecule has 1 aromatic heterocycles. The summed E-state index contributed by atoms with van der Waals surface area (Å²) in [6, 6.07) is 9.96. The predicted octanol–water partition coefficient (Wildman–Crippen LogP) is 3.21. The van der Waals surface area contributed by atoms with Crippen molar-refractivity contribution in [3.8, 4) is 5.69 Å². The largest absolute Gasteiger partial charge is 0.426 e. The Morgan fingerprint density at radius 1 is 1.00 bits per heavy atom. The Labute approximate surface area is 125 Å². The topological polar surface area (TPSA) is 52.2 Å². The van der Waals surface area contributed by atoms with E-state index in [0.717, 1.165) is 15.7 Å². The fourth-order valence-electron chi connectivity index (χ4n) is 2.19. The van der Waals surface area contributed by atoms with E-state index < -0.39 is 11.3 Å². The summed E-state index contributed by atoms with van der Waals surface area (Å²) in [5, 5.41) is 0.695. The van der Waals surface area contributed by atoms with Crippen LogP contribution >= 0.6 is 11.6 Å². The van der Waals surface area contributed by atoms with Gasteiger partial charge in [-0.15, -0.1) is 0 Å². The second kappa shape index (κ2) is 4.90. The van der Waals surface area contributed by atoms with Crippen LogP contribution in [-0.4, -0.2) is 4.57 Å². The number of fused-ring (bicyclic) bond motifs is 1. The van der Waals surface area contributed by atoms with E-state index in [4.69, 9.17) is 16.0 Å². The molecular weight excluding hydrogens is 290 g/mol. The quantitative estimate of drug-likeness (QED) is 0.693. The molecule has 0 radical (unpaired) electrons. The van der Waals surface area contributed by atoms with Crippen molar-refractivity contribution in [2.75, 3.05) is 0 Å². The molecule has 0 fully saturated rings. The van der Waals surface area contributed by atoms with E-state index in [0.29, 0.717) is 10.7 Å². The first-order valence-electron chi connectivity index (χ1n) is 6.40. The molecule has 5 heteroatoms. The van der Waals surface area contributed by atoms with E-state index in [2.05, 4.69) is 0 Å². The summed E-state index contributed by atoms with van der Waals surface area (Å²) in [5.74, 6) is -0.710. The van der Waals surface area contributed by atoms with Crippen molar-refractivity contribution in [3.05, 3.63) is 73.5 Å². The fraction of sp³-hybridized carbons (Fsp3) is 0.125. The Morgan fingerprint density at radius 2 is 1.76 bits per heavy atom. The molecular formula is C16H12ClNO3. The lowest BCUT2D eigenvalue weighted by Gasteiger charge is -2.07. The number of halogens is 1. The minimum Gasteiger partial charge on any atom is -0.409 e. The number of rotatable bonds is 1. The van der Waals surface area contributed by atoms with E-state index in [1.807, 2.05) is 19.9 Å². The van der Waals surface area contributed by atoms with Crippen molar-refractivity contribution in [3.63, 3.8) is 0 Å². The maximum atomic E-state index is 12.5. The summed E-state index contributed by atoms with van der Waals surface area (Å²) in [4.78, 5) is 24.6. The molecule has 0 saturated carbocycles. The van der Waals surface area contributed by atoms with Gasteiger partial charge in [-0.3, -0.25) is 4.79 Å². The van der Waals surface area contributed by atoms with E-state index in [1.54, 1.807) is 18.2 Å². The predicted molar refractivity (Wildman–Crippen MR) is 82.6 cm³/mol. The lowest BCUT2D eigenvalue weighted by atomic mass is 10.1. The Hall–Kier alpha value is -2.33. The Balaban J connectivity index is 2.39. The summed E-state index contributed by atoms with van der Waals surface area (Å²) >= 11 is 5.91. The van der Waals surface area contributed by atoms with Crippen LogP contribution in [0.2, 0.25) is 5.02 Å². The highest BCUT2D eigenvalue weighted by molar-refractivity contribution is 6.31. The van der Waals surface area contributed by atoms with Gasteiger partial charge in [0.15, 0.2) is 0 Å².